The first-order chi connectivity index (χ1) is 33.3. The SMILES string of the molecule is CCCC1=Cc2c(ccc(-c3ccccc3)c2-c2ccccc2CC)[CH]1[Zr]([Cl])([Cl])([c]1cccc2c1[SiH2]c1ccccc1-2)[CH]1C(CCC)=Cc2c1ccc(-c1ccccc1)c2-c1ccccc1CC. The van der Waals surface area contributed by atoms with Gasteiger partial charge in [-0.1, -0.05) is 0 Å². The van der Waals surface area contributed by atoms with E-state index < -0.39 is 25.9 Å². The molecule has 2 unspecified atom stereocenters. The Balaban J connectivity index is 1.26. The zero-order valence-electron chi connectivity index (χ0n) is 39.8. The van der Waals surface area contributed by atoms with Gasteiger partial charge in [-0.3, -0.25) is 0 Å². The van der Waals surface area contributed by atoms with Crippen LogP contribution in [0, 0.1) is 0 Å². The first-order valence-corrected chi connectivity index (χ1v) is 36.9. The van der Waals surface area contributed by atoms with Crippen molar-refractivity contribution in [3.63, 3.8) is 0 Å². The molecule has 0 fully saturated rings. The van der Waals surface area contributed by atoms with Crippen molar-refractivity contribution in [2.24, 2.45) is 0 Å². The molecule has 1 aliphatic heterocycles. The summed E-state index contributed by atoms with van der Waals surface area (Å²) in [5.41, 5.74) is 23.6. The number of halogens is 2. The van der Waals surface area contributed by atoms with Gasteiger partial charge in [0, 0.05) is 0 Å². The van der Waals surface area contributed by atoms with Gasteiger partial charge in [-0.05, 0) is 0 Å². The second kappa shape index (κ2) is 18.3. The van der Waals surface area contributed by atoms with Crippen LogP contribution in [-0.4, -0.2) is 9.52 Å². The average molecular weight is 1020 g/mol. The van der Waals surface area contributed by atoms with Crippen LogP contribution in [0.2, 0.25) is 0 Å². The Labute approximate surface area is 414 Å². The maximum atomic E-state index is 9.62. The number of aryl methyl sites for hydroxylation is 2. The molecule has 2 aliphatic carbocycles. The van der Waals surface area contributed by atoms with Crippen LogP contribution >= 0.6 is 17.0 Å². The summed E-state index contributed by atoms with van der Waals surface area (Å²) in [6, 6.07) is 66.0. The number of hydrogen-bond acceptors (Lipinski definition) is 0. The number of rotatable bonds is 13. The quantitative estimate of drug-likeness (QED) is 0.101. The Hall–Kier alpha value is -5.08. The van der Waals surface area contributed by atoms with Gasteiger partial charge >= 0.3 is 418 Å². The molecule has 0 spiro atoms. The third kappa shape index (κ3) is 7.23. The molecule has 337 valence electrons. The van der Waals surface area contributed by atoms with Crippen molar-refractivity contribution >= 4 is 52.3 Å². The fourth-order valence-corrected chi connectivity index (χ4v) is 40.8. The third-order valence-electron chi connectivity index (χ3n) is 15.6. The second-order valence-corrected chi connectivity index (χ2v) is 41.8. The topological polar surface area (TPSA) is 0 Å². The number of benzene rings is 8. The summed E-state index contributed by atoms with van der Waals surface area (Å²) in [4.78, 5) is 0. The molecule has 0 bridgehead atoms. The first kappa shape index (κ1) is 45.4. The van der Waals surface area contributed by atoms with Gasteiger partial charge in [-0.2, -0.15) is 0 Å². The van der Waals surface area contributed by atoms with E-state index in [9.17, 15) is 17.0 Å². The van der Waals surface area contributed by atoms with Crippen molar-refractivity contribution in [1.82, 2.24) is 0 Å². The maximum absolute atomic E-state index is 9.62. The van der Waals surface area contributed by atoms with Crippen LogP contribution in [0.25, 0.3) is 67.8 Å². The van der Waals surface area contributed by atoms with E-state index in [-0.39, 0.29) is 7.25 Å². The van der Waals surface area contributed by atoms with Crippen molar-refractivity contribution < 1.29 is 16.4 Å². The first-order valence-electron chi connectivity index (χ1n) is 25.1. The number of allylic oxidation sites excluding steroid dienone is 2. The molecule has 8 aromatic rings. The molecular weight excluding hydrogens is 959 g/mol. The van der Waals surface area contributed by atoms with E-state index in [0.717, 1.165) is 38.5 Å². The zero-order chi connectivity index (χ0) is 46.6. The molecular formula is C64H59Cl2SiZr. The molecule has 0 N–H and O–H groups in total. The number of fused-ring (bicyclic) bond motifs is 5. The standard InChI is InChI=1S/2C26H25.C12H9Si.2ClH.Zr/c2*1-3-10-19-17-22-15-16-24(21-12-6-5-7-13-21)26(25(22)18-19)23-14-9-8-11-20(23)4-2;1-3-7-11-9(5-1)10-6-2-4-8-12(10)13-11;;;/h2*5-9,11-18H,3-4,10H2,1-2H3;1-7H,13H2;2*1H;/q;;;;;+2/p-2. The summed E-state index contributed by atoms with van der Waals surface area (Å²) in [6.45, 7) is 9.23. The van der Waals surface area contributed by atoms with Gasteiger partial charge in [-0.25, -0.2) is 0 Å². The van der Waals surface area contributed by atoms with E-state index >= 15 is 0 Å². The molecule has 0 saturated carbocycles. The Morgan fingerprint density at radius 2 is 0.868 bits per heavy atom. The Morgan fingerprint density at radius 3 is 1.35 bits per heavy atom. The Morgan fingerprint density at radius 1 is 0.426 bits per heavy atom. The fourth-order valence-electron chi connectivity index (χ4n) is 12.8. The van der Waals surface area contributed by atoms with Crippen LogP contribution in [0.1, 0.15) is 94.0 Å². The van der Waals surface area contributed by atoms with Gasteiger partial charge in [0.15, 0.2) is 0 Å². The molecule has 8 aromatic carbocycles. The van der Waals surface area contributed by atoms with Crippen LogP contribution in [-0.2, 0) is 29.2 Å². The molecule has 3 aliphatic rings. The van der Waals surface area contributed by atoms with Gasteiger partial charge in [0.05, 0.1) is 0 Å². The Kier molecular flexibility index (Phi) is 12.2. The molecule has 68 heavy (non-hydrogen) atoms. The predicted molar refractivity (Wildman–Crippen MR) is 296 cm³/mol. The normalized spacial score (nSPS) is 16.6. The minimum absolute atomic E-state index is 0.146. The average Bonchev–Trinajstić information content (AvgIpc) is 4.08. The molecule has 0 aromatic heterocycles. The van der Waals surface area contributed by atoms with E-state index in [2.05, 4.69) is 216 Å². The van der Waals surface area contributed by atoms with E-state index in [1.54, 1.807) is 0 Å². The summed E-state index contributed by atoms with van der Waals surface area (Å²) < 4.78 is 1.00. The molecule has 4 heteroatoms. The van der Waals surface area contributed by atoms with Gasteiger partial charge in [0.2, 0.25) is 0 Å². The molecule has 11 rings (SSSR count). The van der Waals surface area contributed by atoms with E-state index in [1.807, 2.05) is 0 Å². The molecule has 0 nitrogen and oxygen atoms in total. The summed E-state index contributed by atoms with van der Waals surface area (Å²) in [6.07, 6.45) is 10.9. The van der Waals surface area contributed by atoms with Crippen molar-refractivity contribution in [3.8, 4) is 55.6 Å². The molecule has 0 amide bonds. The zero-order valence-corrected chi connectivity index (χ0v) is 45.1. The van der Waals surface area contributed by atoms with Gasteiger partial charge in [-0.15, -0.1) is 0 Å². The van der Waals surface area contributed by atoms with Crippen molar-refractivity contribution in [3.05, 3.63) is 220 Å². The van der Waals surface area contributed by atoms with Gasteiger partial charge in [0.25, 0.3) is 0 Å². The molecule has 2 atom stereocenters. The van der Waals surface area contributed by atoms with E-state index in [1.165, 1.54) is 114 Å². The monoisotopic (exact) mass is 1020 g/mol. The Bertz CT molecular complexity index is 3140. The summed E-state index contributed by atoms with van der Waals surface area (Å²) in [5, 5.41) is 2.96. The van der Waals surface area contributed by atoms with Crippen LogP contribution in [0.15, 0.2) is 187 Å². The minimum atomic E-state index is -5.82. The van der Waals surface area contributed by atoms with Crippen molar-refractivity contribution in [2.45, 2.75) is 73.5 Å². The van der Waals surface area contributed by atoms with E-state index in [4.69, 9.17) is 0 Å². The van der Waals surface area contributed by atoms with Crippen LogP contribution in [0.3, 0.4) is 0 Å². The number of hydrogen-bond donors (Lipinski definition) is 0. The van der Waals surface area contributed by atoms with E-state index in [0.29, 0.717) is 0 Å². The van der Waals surface area contributed by atoms with Crippen LogP contribution < -0.4 is 13.6 Å². The predicted octanol–water partition coefficient (Wildman–Crippen LogP) is 16.1. The van der Waals surface area contributed by atoms with Crippen molar-refractivity contribution in [1.29, 1.82) is 0 Å². The molecule has 0 saturated heterocycles. The van der Waals surface area contributed by atoms with Gasteiger partial charge in [0.1, 0.15) is 0 Å². The summed E-state index contributed by atoms with van der Waals surface area (Å²) >= 11 is -5.82. The molecule has 0 radical (unpaired) electrons. The van der Waals surface area contributed by atoms with Crippen LogP contribution in [0.4, 0.5) is 0 Å². The van der Waals surface area contributed by atoms with Crippen LogP contribution in [0.5, 0.6) is 0 Å². The summed E-state index contributed by atoms with van der Waals surface area (Å²) in [7, 11) is 18.3. The second-order valence-electron chi connectivity index (χ2n) is 19.4. The fraction of sp³-hybridized carbons (Fsp3) is 0.188. The van der Waals surface area contributed by atoms with Gasteiger partial charge < -0.3 is 0 Å². The molecule has 1 heterocycles. The third-order valence-corrected chi connectivity index (χ3v) is 38.4. The summed E-state index contributed by atoms with van der Waals surface area (Å²) in [5.74, 6) is 0. The van der Waals surface area contributed by atoms with Crippen molar-refractivity contribution in [2.75, 3.05) is 0 Å².